The van der Waals surface area contributed by atoms with Gasteiger partial charge in [-0.2, -0.15) is 13.2 Å². The molecule has 0 atom stereocenters. The van der Waals surface area contributed by atoms with Crippen molar-refractivity contribution in [2.75, 3.05) is 13.1 Å². The van der Waals surface area contributed by atoms with Gasteiger partial charge in [0.15, 0.2) is 5.65 Å². The van der Waals surface area contributed by atoms with E-state index >= 15 is 0 Å². The lowest BCUT2D eigenvalue weighted by Crippen LogP contribution is -2.40. The molecule has 1 saturated heterocycles. The molecule has 3 heterocycles. The lowest BCUT2D eigenvalue weighted by molar-refractivity contribution is -0.142. The summed E-state index contributed by atoms with van der Waals surface area (Å²) in [4.78, 5) is 2.16. The Bertz CT molecular complexity index is 1120. The number of hydrogen-bond acceptors (Lipinski definition) is 3. The summed E-state index contributed by atoms with van der Waals surface area (Å²) in [5, 5.41) is 8.12. The van der Waals surface area contributed by atoms with Crippen molar-refractivity contribution in [3.05, 3.63) is 64.9 Å². The monoisotopic (exact) mass is 446 g/mol. The molecule has 0 radical (unpaired) electrons. The molecule has 2 aliphatic rings. The third kappa shape index (κ3) is 4.25. The normalized spacial score (nSPS) is 19.5. The molecule has 32 heavy (non-hydrogen) atoms. The van der Waals surface area contributed by atoms with E-state index in [0.717, 1.165) is 44.3 Å². The Balaban J connectivity index is 1.36. The van der Waals surface area contributed by atoms with Crippen LogP contribution in [0.15, 0.2) is 36.4 Å². The van der Waals surface area contributed by atoms with Crippen LogP contribution in [-0.2, 0) is 24.6 Å². The van der Waals surface area contributed by atoms with Crippen LogP contribution in [0.4, 0.5) is 17.6 Å². The molecule has 1 aliphatic carbocycles. The van der Waals surface area contributed by atoms with Crippen molar-refractivity contribution < 1.29 is 17.6 Å². The van der Waals surface area contributed by atoms with E-state index in [4.69, 9.17) is 0 Å². The van der Waals surface area contributed by atoms with Crippen LogP contribution in [0.25, 0.3) is 5.65 Å². The van der Waals surface area contributed by atoms with Gasteiger partial charge in [0.25, 0.3) is 0 Å². The molecule has 1 aromatic carbocycles. The van der Waals surface area contributed by atoms with Crippen LogP contribution in [-0.4, -0.2) is 32.6 Å². The lowest BCUT2D eigenvalue weighted by Gasteiger charge is -2.40. The fourth-order valence-corrected chi connectivity index (χ4v) is 4.76. The van der Waals surface area contributed by atoms with Crippen molar-refractivity contribution in [2.45, 2.75) is 57.2 Å². The molecule has 0 spiro atoms. The van der Waals surface area contributed by atoms with E-state index in [0.29, 0.717) is 30.3 Å². The summed E-state index contributed by atoms with van der Waals surface area (Å²) in [5.74, 6) is 0.572. The minimum absolute atomic E-state index is 0.135. The summed E-state index contributed by atoms with van der Waals surface area (Å²) in [6.07, 6.45) is -0.223. The fourth-order valence-electron chi connectivity index (χ4n) is 4.76. The van der Waals surface area contributed by atoms with Gasteiger partial charge in [-0.05, 0) is 85.5 Å². The van der Waals surface area contributed by atoms with E-state index in [1.54, 1.807) is 18.2 Å². The lowest BCUT2D eigenvalue weighted by atomic mass is 9.74. The first-order chi connectivity index (χ1) is 15.2. The average Bonchev–Trinajstić information content (AvgIpc) is 3.47. The van der Waals surface area contributed by atoms with Crippen molar-refractivity contribution in [2.24, 2.45) is 5.92 Å². The summed E-state index contributed by atoms with van der Waals surface area (Å²) in [7, 11) is 0. The molecule has 5 rings (SSSR count). The van der Waals surface area contributed by atoms with Gasteiger partial charge < -0.3 is 0 Å². The zero-order valence-electron chi connectivity index (χ0n) is 18.0. The van der Waals surface area contributed by atoms with Crippen LogP contribution in [0.2, 0.25) is 0 Å². The highest BCUT2D eigenvalue weighted by atomic mass is 19.4. The van der Waals surface area contributed by atoms with E-state index < -0.39 is 11.9 Å². The maximum Gasteiger partial charge on any atom is 0.431 e. The number of aromatic nitrogens is 3. The first-order valence-corrected chi connectivity index (χ1v) is 11.1. The molecule has 0 N–H and O–H groups in total. The summed E-state index contributed by atoms with van der Waals surface area (Å²) >= 11 is 0. The van der Waals surface area contributed by atoms with Crippen molar-refractivity contribution in [3.8, 4) is 0 Å². The van der Waals surface area contributed by atoms with Gasteiger partial charge in [0.05, 0.1) is 0 Å². The zero-order chi connectivity index (χ0) is 22.5. The number of rotatable bonds is 5. The number of benzene rings is 1. The molecule has 1 aliphatic heterocycles. The Labute approximate surface area is 184 Å². The summed E-state index contributed by atoms with van der Waals surface area (Å²) in [5.41, 5.74) is 0.984. The molecule has 0 unspecified atom stereocenters. The third-order valence-corrected chi connectivity index (χ3v) is 6.98. The predicted octanol–water partition coefficient (Wildman–Crippen LogP) is 5.39. The minimum atomic E-state index is -4.48. The average molecular weight is 446 g/mol. The predicted molar refractivity (Wildman–Crippen MR) is 113 cm³/mol. The Morgan fingerprint density at radius 2 is 1.81 bits per heavy atom. The highest BCUT2D eigenvalue weighted by Gasteiger charge is 2.37. The van der Waals surface area contributed by atoms with Crippen LogP contribution in [0.3, 0.4) is 0 Å². The topological polar surface area (TPSA) is 33.4 Å². The molecular formula is C24H26F4N4. The van der Waals surface area contributed by atoms with Gasteiger partial charge in [0, 0.05) is 13.0 Å². The third-order valence-electron chi connectivity index (χ3n) is 6.98. The van der Waals surface area contributed by atoms with Gasteiger partial charge in [-0.15, -0.1) is 10.2 Å². The van der Waals surface area contributed by atoms with E-state index in [9.17, 15) is 17.6 Å². The smallest absolute Gasteiger partial charge is 0.299 e. The minimum Gasteiger partial charge on any atom is -0.299 e. The van der Waals surface area contributed by atoms with Crippen molar-refractivity contribution in [1.29, 1.82) is 0 Å². The summed E-state index contributed by atoms with van der Waals surface area (Å²) < 4.78 is 56.5. The second-order valence-electron chi connectivity index (χ2n) is 9.55. The number of hydrogen-bond donors (Lipinski definition) is 0. The molecule has 2 fully saturated rings. The number of halogens is 4. The molecule has 0 bridgehead atoms. The summed E-state index contributed by atoms with van der Waals surface area (Å²) in [6, 6.07) is 9.67. The molecule has 1 saturated carbocycles. The molecule has 0 amide bonds. The van der Waals surface area contributed by atoms with Gasteiger partial charge in [0.2, 0.25) is 0 Å². The Kier molecular flexibility index (Phi) is 5.23. The van der Waals surface area contributed by atoms with Crippen LogP contribution in [0, 0.1) is 11.7 Å². The van der Waals surface area contributed by atoms with E-state index in [1.165, 1.54) is 16.5 Å². The van der Waals surface area contributed by atoms with Crippen molar-refractivity contribution in [3.63, 3.8) is 0 Å². The zero-order valence-corrected chi connectivity index (χ0v) is 18.0. The fraction of sp³-hybridized carbons (Fsp3) is 0.500. The second-order valence-corrected chi connectivity index (χ2v) is 9.55. The second kappa shape index (κ2) is 7.83. The van der Waals surface area contributed by atoms with E-state index in [2.05, 4.69) is 22.0 Å². The largest absolute Gasteiger partial charge is 0.431 e. The van der Waals surface area contributed by atoms with Gasteiger partial charge in [-0.1, -0.05) is 19.1 Å². The Hall–Kier alpha value is -2.48. The number of likely N-dealkylation sites (tertiary alicyclic amines) is 1. The van der Waals surface area contributed by atoms with Gasteiger partial charge in [0.1, 0.15) is 17.3 Å². The van der Waals surface area contributed by atoms with Gasteiger partial charge in [-0.3, -0.25) is 9.30 Å². The molecule has 3 aromatic rings. The molecule has 8 heteroatoms. The first-order valence-electron chi connectivity index (χ1n) is 11.1. The standard InChI is InChI=1S/C24H26F4N4/c1-23(18-3-2-4-19(25)14-18)7-9-31(10-8-23)15-17-11-20(24(26,27)28)32-21(12-16-5-6-16)29-30-22(32)13-17/h2-4,11,13-14,16H,5-10,12,15H2,1H3. The maximum absolute atomic E-state index is 13.9. The van der Waals surface area contributed by atoms with E-state index in [1.807, 2.05) is 6.07 Å². The quantitative estimate of drug-likeness (QED) is 0.493. The Morgan fingerprint density at radius 3 is 2.47 bits per heavy atom. The van der Waals surface area contributed by atoms with Crippen LogP contribution >= 0.6 is 0 Å². The molecule has 170 valence electrons. The Morgan fingerprint density at radius 1 is 1.06 bits per heavy atom. The van der Waals surface area contributed by atoms with E-state index in [-0.39, 0.29) is 16.9 Å². The van der Waals surface area contributed by atoms with Crippen molar-refractivity contribution in [1.82, 2.24) is 19.5 Å². The van der Waals surface area contributed by atoms with Crippen LogP contribution in [0.5, 0.6) is 0 Å². The first kappa shape index (κ1) is 21.4. The number of alkyl halides is 3. The van der Waals surface area contributed by atoms with Crippen LogP contribution < -0.4 is 0 Å². The van der Waals surface area contributed by atoms with Gasteiger partial charge >= 0.3 is 6.18 Å². The van der Waals surface area contributed by atoms with Crippen molar-refractivity contribution >= 4 is 5.65 Å². The van der Waals surface area contributed by atoms with Crippen LogP contribution in [0.1, 0.15) is 55.3 Å². The number of nitrogens with zero attached hydrogens (tertiary/aromatic N) is 4. The number of fused-ring (bicyclic) bond motifs is 1. The highest BCUT2D eigenvalue weighted by molar-refractivity contribution is 5.45. The summed E-state index contributed by atoms with van der Waals surface area (Å²) in [6.45, 7) is 4.02. The SMILES string of the molecule is CC1(c2cccc(F)c2)CCN(Cc2cc(C(F)(F)F)n3c(CC4CC4)nnc3c2)CC1. The number of piperidine rings is 1. The van der Waals surface area contributed by atoms with Gasteiger partial charge in [-0.25, -0.2) is 4.39 Å². The molecule has 2 aromatic heterocycles. The molecule has 4 nitrogen and oxygen atoms in total. The highest BCUT2D eigenvalue weighted by Crippen LogP contribution is 2.37. The molecular weight excluding hydrogens is 420 g/mol. The number of pyridine rings is 1. The maximum atomic E-state index is 13.9.